The molecule has 1 aromatic carbocycles. The van der Waals surface area contributed by atoms with Crippen molar-refractivity contribution in [1.82, 2.24) is 0 Å². The summed E-state index contributed by atoms with van der Waals surface area (Å²) in [6, 6.07) is 3.24. The highest BCUT2D eigenvalue weighted by Crippen LogP contribution is 2.34. The Morgan fingerprint density at radius 2 is 2.00 bits per heavy atom. The molecule has 0 aliphatic carbocycles. The van der Waals surface area contributed by atoms with E-state index in [0.717, 1.165) is 18.4 Å². The van der Waals surface area contributed by atoms with E-state index >= 15 is 0 Å². The molecule has 0 atom stereocenters. The monoisotopic (exact) mass is 192 g/mol. The minimum absolute atomic E-state index is 0.123. The predicted octanol–water partition coefficient (Wildman–Crippen LogP) is 2.80. The number of fused-ring (bicyclic) bond motifs is 1. The van der Waals surface area contributed by atoms with Gasteiger partial charge in [0, 0.05) is 5.56 Å². The van der Waals surface area contributed by atoms with Crippen molar-refractivity contribution < 1.29 is 14.6 Å². The second-order valence-corrected chi connectivity index (χ2v) is 3.31. The van der Waals surface area contributed by atoms with Crippen molar-refractivity contribution in [3.63, 3.8) is 0 Å². The molecule has 0 spiro atoms. The maximum Gasteiger partial charge on any atom is 0.161 e. The normalized spacial score (nSPS) is 10.9. The van der Waals surface area contributed by atoms with E-state index in [4.69, 9.17) is 4.42 Å². The molecule has 74 valence electrons. The Morgan fingerprint density at radius 3 is 2.71 bits per heavy atom. The third-order valence-electron chi connectivity index (χ3n) is 2.30. The fourth-order valence-electron chi connectivity index (χ4n) is 1.62. The minimum atomic E-state index is 0.123. The summed E-state index contributed by atoms with van der Waals surface area (Å²) in [5, 5.41) is 19.7. The number of phenols is 1. The van der Waals surface area contributed by atoms with Crippen molar-refractivity contribution in [3.8, 4) is 11.5 Å². The lowest BCUT2D eigenvalue weighted by Crippen LogP contribution is -1.84. The number of hydrogen-bond donors (Lipinski definition) is 2. The van der Waals surface area contributed by atoms with Crippen LogP contribution in [0.25, 0.3) is 11.0 Å². The number of aromatic hydroxyl groups is 2. The molecule has 0 saturated heterocycles. The fraction of sp³-hybridized carbons (Fsp3) is 0.273. The van der Waals surface area contributed by atoms with Crippen LogP contribution >= 0.6 is 0 Å². The average Bonchev–Trinajstić information content (AvgIpc) is 2.53. The Balaban J connectivity index is 2.70. The summed E-state index contributed by atoms with van der Waals surface area (Å²) in [6.45, 7) is 2.03. The molecule has 14 heavy (non-hydrogen) atoms. The van der Waals surface area contributed by atoms with Gasteiger partial charge in [-0.3, -0.25) is 0 Å². The molecular weight excluding hydrogens is 180 g/mol. The van der Waals surface area contributed by atoms with Gasteiger partial charge in [-0.25, -0.2) is 0 Å². The van der Waals surface area contributed by atoms with Gasteiger partial charge in [0.05, 0.1) is 5.39 Å². The Bertz CT molecular complexity index is 457. The highest BCUT2D eigenvalue weighted by molar-refractivity contribution is 5.87. The van der Waals surface area contributed by atoms with Gasteiger partial charge in [0.1, 0.15) is 17.6 Å². The maximum absolute atomic E-state index is 9.61. The second-order valence-electron chi connectivity index (χ2n) is 3.31. The molecule has 0 saturated carbocycles. The Labute approximate surface area is 81.6 Å². The molecule has 3 nitrogen and oxygen atoms in total. The molecule has 2 aromatic rings. The number of hydrogen-bond acceptors (Lipinski definition) is 3. The van der Waals surface area contributed by atoms with Crippen LogP contribution in [0.1, 0.15) is 18.9 Å². The number of rotatable bonds is 2. The number of aryl methyl sites for hydroxylation is 1. The lowest BCUT2D eigenvalue weighted by Gasteiger charge is -2.02. The van der Waals surface area contributed by atoms with Crippen LogP contribution in [0, 0.1) is 0 Å². The Kier molecular flexibility index (Phi) is 2.08. The molecule has 2 N–H and O–H groups in total. The van der Waals surface area contributed by atoms with Crippen molar-refractivity contribution in [2.24, 2.45) is 0 Å². The first-order valence-electron chi connectivity index (χ1n) is 4.65. The highest BCUT2D eigenvalue weighted by Gasteiger charge is 2.12. The van der Waals surface area contributed by atoms with E-state index in [1.807, 2.05) is 6.92 Å². The third kappa shape index (κ3) is 1.21. The predicted molar refractivity (Wildman–Crippen MR) is 53.5 cm³/mol. The van der Waals surface area contributed by atoms with E-state index in [2.05, 4.69) is 0 Å². The van der Waals surface area contributed by atoms with Gasteiger partial charge in [0.2, 0.25) is 0 Å². The quantitative estimate of drug-likeness (QED) is 0.769. The van der Waals surface area contributed by atoms with Crippen LogP contribution in [0.4, 0.5) is 0 Å². The van der Waals surface area contributed by atoms with Crippen molar-refractivity contribution in [1.29, 1.82) is 0 Å². The number of phenolic OH excluding ortho intramolecular Hbond substituents is 1. The lowest BCUT2D eigenvalue weighted by atomic mass is 10.1. The van der Waals surface area contributed by atoms with Crippen LogP contribution in [0.3, 0.4) is 0 Å². The SMILES string of the molecule is CCCc1c(O)ccc2c(O)coc12. The molecular formula is C11H12O3. The summed E-state index contributed by atoms with van der Waals surface area (Å²) in [6.07, 6.45) is 2.97. The van der Waals surface area contributed by atoms with Crippen molar-refractivity contribution in [2.75, 3.05) is 0 Å². The first-order chi connectivity index (χ1) is 6.74. The van der Waals surface area contributed by atoms with Crippen molar-refractivity contribution in [2.45, 2.75) is 19.8 Å². The molecule has 1 heterocycles. The first kappa shape index (κ1) is 8.94. The summed E-state index contributed by atoms with van der Waals surface area (Å²) in [4.78, 5) is 0. The van der Waals surface area contributed by atoms with E-state index in [0.29, 0.717) is 11.0 Å². The molecule has 0 aliphatic rings. The van der Waals surface area contributed by atoms with Gasteiger partial charge in [-0.1, -0.05) is 13.3 Å². The second kappa shape index (κ2) is 3.25. The zero-order valence-corrected chi connectivity index (χ0v) is 7.95. The molecule has 0 unspecified atom stereocenters. The molecule has 3 heteroatoms. The zero-order valence-electron chi connectivity index (χ0n) is 7.95. The largest absolute Gasteiger partial charge is 0.508 e. The van der Waals surface area contributed by atoms with E-state index in [1.165, 1.54) is 6.26 Å². The van der Waals surface area contributed by atoms with Gasteiger partial charge in [-0.15, -0.1) is 0 Å². The summed E-state index contributed by atoms with van der Waals surface area (Å²) in [5.74, 6) is 0.353. The van der Waals surface area contributed by atoms with E-state index < -0.39 is 0 Å². The molecule has 2 rings (SSSR count). The Hall–Kier alpha value is -1.64. The molecule has 0 amide bonds. The maximum atomic E-state index is 9.61. The summed E-state index contributed by atoms with van der Waals surface area (Å²) < 4.78 is 5.20. The van der Waals surface area contributed by atoms with Crippen molar-refractivity contribution >= 4 is 11.0 Å². The third-order valence-corrected chi connectivity index (χ3v) is 2.30. The van der Waals surface area contributed by atoms with Crippen LogP contribution in [-0.2, 0) is 6.42 Å². The Morgan fingerprint density at radius 1 is 1.21 bits per heavy atom. The van der Waals surface area contributed by atoms with E-state index in [9.17, 15) is 10.2 Å². The van der Waals surface area contributed by atoms with Gasteiger partial charge < -0.3 is 14.6 Å². The molecule has 0 fully saturated rings. The molecule has 0 bridgehead atoms. The topological polar surface area (TPSA) is 53.6 Å². The highest BCUT2D eigenvalue weighted by atomic mass is 16.4. The van der Waals surface area contributed by atoms with Gasteiger partial charge >= 0.3 is 0 Å². The number of furan rings is 1. The van der Waals surface area contributed by atoms with E-state index in [-0.39, 0.29) is 11.5 Å². The molecule has 1 aromatic heterocycles. The molecule has 0 aliphatic heterocycles. The number of benzene rings is 1. The van der Waals surface area contributed by atoms with Crippen LogP contribution < -0.4 is 0 Å². The van der Waals surface area contributed by atoms with Crippen molar-refractivity contribution in [3.05, 3.63) is 24.0 Å². The van der Waals surface area contributed by atoms with E-state index in [1.54, 1.807) is 12.1 Å². The average molecular weight is 192 g/mol. The fourth-order valence-corrected chi connectivity index (χ4v) is 1.62. The molecule has 0 radical (unpaired) electrons. The zero-order chi connectivity index (χ0) is 10.1. The summed E-state index contributed by atoms with van der Waals surface area (Å²) in [7, 11) is 0. The minimum Gasteiger partial charge on any atom is -0.508 e. The van der Waals surface area contributed by atoms with Crippen LogP contribution in [0.5, 0.6) is 11.5 Å². The summed E-state index contributed by atoms with van der Waals surface area (Å²) in [5.41, 5.74) is 1.36. The van der Waals surface area contributed by atoms with Crippen LogP contribution in [0.2, 0.25) is 0 Å². The van der Waals surface area contributed by atoms with Gasteiger partial charge in [0.25, 0.3) is 0 Å². The van der Waals surface area contributed by atoms with Crippen LogP contribution in [-0.4, -0.2) is 10.2 Å². The van der Waals surface area contributed by atoms with Gasteiger partial charge in [-0.05, 0) is 18.6 Å². The summed E-state index contributed by atoms with van der Waals surface area (Å²) >= 11 is 0. The smallest absolute Gasteiger partial charge is 0.161 e. The lowest BCUT2D eigenvalue weighted by molar-refractivity contribution is 0.461. The first-order valence-corrected chi connectivity index (χ1v) is 4.65. The van der Waals surface area contributed by atoms with Crippen LogP contribution in [0.15, 0.2) is 22.8 Å². The standard InChI is InChI=1S/C11H12O3/c1-2-3-7-9(12)5-4-8-10(13)6-14-11(7)8/h4-6,12-13H,2-3H2,1H3. The van der Waals surface area contributed by atoms with Gasteiger partial charge in [0.15, 0.2) is 5.75 Å². The van der Waals surface area contributed by atoms with Gasteiger partial charge in [-0.2, -0.15) is 0 Å².